The molecule has 0 saturated carbocycles. The molecule has 0 saturated heterocycles. The maximum atomic E-state index is 4.23. The lowest BCUT2D eigenvalue weighted by atomic mass is 10.2. The Morgan fingerprint density at radius 2 is 2.36 bits per heavy atom. The van der Waals surface area contributed by atoms with E-state index in [2.05, 4.69) is 51.8 Å². The average molecular weight is 308 g/mol. The van der Waals surface area contributed by atoms with Crippen LogP contribution in [0.4, 0.5) is 0 Å². The molecule has 0 aromatic carbocycles. The zero-order valence-corrected chi connectivity index (χ0v) is 10.9. The minimum atomic E-state index is 0.611. The van der Waals surface area contributed by atoms with E-state index < -0.39 is 0 Å². The summed E-state index contributed by atoms with van der Waals surface area (Å²) < 4.78 is 3.10. The molecular weight excluding hydrogens is 291 g/mol. The maximum absolute atomic E-state index is 4.23. The van der Waals surface area contributed by atoms with Crippen LogP contribution in [0.2, 0.25) is 0 Å². The molecule has 0 aliphatic rings. The highest BCUT2D eigenvalue weighted by Crippen LogP contribution is 2.00. The Hall–Kier alpha value is -0.170. The molecule has 0 bridgehead atoms. The summed E-state index contributed by atoms with van der Waals surface area (Å²) in [7, 11) is 0. The minimum absolute atomic E-state index is 0.611. The Balaban J connectivity index is 2.45. The Labute approximate surface area is 98.6 Å². The van der Waals surface area contributed by atoms with Crippen molar-refractivity contribution in [1.29, 1.82) is 0 Å². The van der Waals surface area contributed by atoms with Gasteiger partial charge < -0.3 is 5.32 Å². The summed E-state index contributed by atoms with van der Waals surface area (Å²) in [6.45, 7) is 7.15. The topological polar surface area (TPSA) is 42.7 Å². The molecule has 0 aliphatic carbocycles. The van der Waals surface area contributed by atoms with Gasteiger partial charge in [-0.05, 0) is 5.92 Å². The largest absolute Gasteiger partial charge is 0.309 e. The molecule has 0 fully saturated rings. The van der Waals surface area contributed by atoms with Crippen molar-refractivity contribution in [3.05, 3.63) is 12.2 Å². The second-order valence-corrected chi connectivity index (χ2v) is 4.70. The molecule has 0 spiro atoms. The van der Waals surface area contributed by atoms with E-state index in [4.69, 9.17) is 0 Å². The second-order valence-electron chi connectivity index (χ2n) is 3.62. The first-order valence-electron chi connectivity index (χ1n) is 4.87. The van der Waals surface area contributed by atoms with Crippen LogP contribution in [0.5, 0.6) is 0 Å². The molecule has 80 valence electrons. The highest BCUT2D eigenvalue weighted by Gasteiger charge is 2.04. The fourth-order valence-electron chi connectivity index (χ4n) is 1.19. The molecule has 5 heteroatoms. The second kappa shape index (κ2) is 6.34. The lowest BCUT2D eigenvalue weighted by Gasteiger charge is -2.08. The van der Waals surface area contributed by atoms with Gasteiger partial charge in [0, 0.05) is 17.5 Å². The van der Waals surface area contributed by atoms with Crippen LogP contribution >= 0.6 is 22.6 Å². The van der Waals surface area contributed by atoms with Crippen molar-refractivity contribution in [1.82, 2.24) is 20.1 Å². The number of nitrogens with one attached hydrogen (secondary N) is 1. The van der Waals surface area contributed by atoms with E-state index in [1.54, 1.807) is 6.33 Å². The van der Waals surface area contributed by atoms with Gasteiger partial charge in [0.15, 0.2) is 0 Å². The van der Waals surface area contributed by atoms with E-state index in [0.717, 1.165) is 29.9 Å². The average Bonchev–Trinajstić information content (AvgIpc) is 2.52. The van der Waals surface area contributed by atoms with E-state index in [9.17, 15) is 0 Å². The molecular formula is C9H17IN4. The molecule has 0 amide bonds. The van der Waals surface area contributed by atoms with E-state index in [-0.39, 0.29) is 0 Å². The van der Waals surface area contributed by atoms with Crippen LogP contribution in [-0.2, 0) is 13.1 Å². The standard InChI is InChI=1S/C9H17IN4/c1-8(2)6-14-9(12-7-13-14)5-11-4-3-10/h7-8,11H,3-6H2,1-2H3. The van der Waals surface area contributed by atoms with Crippen LogP contribution in [0.25, 0.3) is 0 Å². The summed E-state index contributed by atoms with van der Waals surface area (Å²) in [5.41, 5.74) is 0. The lowest BCUT2D eigenvalue weighted by Crippen LogP contribution is -2.20. The third kappa shape index (κ3) is 3.91. The van der Waals surface area contributed by atoms with Crippen molar-refractivity contribution in [3.8, 4) is 0 Å². The first-order valence-corrected chi connectivity index (χ1v) is 6.40. The summed E-state index contributed by atoms with van der Waals surface area (Å²) >= 11 is 2.35. The minimum Gasteiger partial charge on any atom is -0.309 e. The van der Waals surface area contributed by atoms with E-state index in [0.29, 0.717) is 5.92 Å². The number of aromatic nitrogens is 3. The molecule has 0 atom stereocenters. The van der Waals surface area contributed by atoms with Crippen molar-refractivity contribution in [2.75, 3.05) is 11.0 Å². The SMILES string of the molecule is CC(C)Cn1ncnc1CNCCI. The Kier molecular flexibility index (Phi) is 5.39. The Morgan fingerprint density at radius 1 is 1.57 bits per heavy atom. The smallest absolute Gasteiger partial charge is 0.140 e. The Bertz CT molecular complexity index is 259. The van der Waals surface area contributed by atoms with Crippen LogP contribution in [0.1, 0.15) is 19.7 Å². The normalized spacial score (nSPS) is 11.1. The highest BCUT2D eigenvalue weighted by atomic mass is 127. The molecule has 1 aromatic rings. The van der Waals surface area contributed by atoms with Gasteiger partial charge in [-0.2, -0.15) is 5.10 Å². The summed E-state index contributed by atoms with van der Waals surface area (Å²) in [4.78, 5) is 4.23. The molecule has 14 heavy (non-hydrogen) atoms. The van der Waals surface area contributed by atoms with Crippen LogP contribution in [0.15, 0.2) is 6.33 Å². The number of rotatable bonds is 6. The fraction of sp³-hybridized carbons (Fsp3) is 0.778. The predicted molar refractivity (Wildman–Crippen MR) is 65.5 cm³/mol. The van der Waals surface area contributed by atoms with Gasteiger partial charge in [0.2, 0.25) is 0 Å². The summed E-state index contributed by atoms with van der Waals surface area (Å²) in [5.74, 6) is 1.64. The molecule has 0 unspecified atom stereocenters. The molecule has 0 aliphatic heterocycles. The zero-order chi connectivity index (χ0) is 10.4. The maximum Gasteiger partial charge on any atom is 0.140 e. The van der Waals surface area contributed by atoms with Crippen molar-refractivity contribution in [2.24, 2.45) is 5.92 Å². The number of halogens is 1. The quantitative estimate of drug-likeness (QED) is 0.491. The van der Waals surface area contributed by atoms with Crippen molar-refractivity contribution in [2.45, 2.75) is 26.9 Å². The van der Waals surface area contributed by atoms with Crippen molar-refractivity contribution in [3.63, 3.8) is 0 Å². The number of nitrogens with zero attached hydrogens (tertiary/aromatic N) is 3. The zero-order valence-electron chi connectivity index (χ0n) is 8.70. The molecule has 4 nitrogen and oxygen atoms in total. The lowest BCUT2D eigenvalue weighted by molar-refractivity contribution is 0.459. The van der Waals surface area contributed by atoms with Gasteiger partial charge in [0.05, 0.1) is 6.54 Å². The molecule has 1 rings (SSSR count). The monoisotopic (exact) mass is 308 g/mol. The van der Waals surface area contributed by atoms with E-state index in [1.165, 1.54) is 0 Å². The number of alkyl halides is 1. The van der Waals surface area contributed by atoms with Gasteiger partial charge in [-0.15, -0.1) is 0 Å². The third-order valence-corrected chi connectivity index (χ3v) is 2.33. The first-order chi connectivity index (χ1) is 6.74. The van der Waals surface area contributed by atoms with E-state index in [1.807, 2.05) is 4.68 Å². The van der Waals surface area contributed by atoms with Gasteiger partial charge in [-0.1, -0.05) is 36.4 Å². The first kappa shape index (κ1) is 11.9. The fourth-order valence-corrected chi connectivity index (χ4v) is 1.57. The Morgan fingerprint density at radius 3 is 3.00 bits per heavy atom. The van der Waals surface area contributed by atoms with Crippen LogP contribution in [0, 0.1) is 5.92 Å². The summed E-state index contributed by atoms with van der Waals surface area (Å²) in [5, 5.41) is 7.52. The van der Waals surface area contributed by atoms with Gasteiger partial charge in [-0.3, -0.25) is 0 Å². The van der Waals surface area contributed by atoms with Crippen molar-refractivity contribution >= 4 is 22.6 Å². The predicted octanol–water partition coefficient (Wildman–Crippen LogP) is 1.46. The third-order valence-electron chi connectivity index (χ3n) is 1.79. The van der Waals surface area contributed by atoms with Crippen LogP contribution in [-0.4, -0.2) is 25.7 Å². The van der Waals surface area contributed by atoms with Crippen LogP contribution < -0.4 is 5.32 Å². The molecule has 1 heterocycles. The van der Waals surface area contributed by atoms with Gasteiger partial charge in [0.1, 0.15) is 12.2 Å². The summed E-state index contributed by atoms with van der Waals surface area (Å²) in [6.07, 6.45) is 1.63. The van der Waals surface area contributed by atoms with Crippen LogP contribution in [0.3, 0.4) is 0 Å². The van der Waals surface area contributed by atoms with Gasteiger partial charge in [-0.25, -0.2) is 9.67 Å². The van der Waals surface area contributed by atoms with Gasteiger partial charge >= 0.3 is 0 Å². The van der Waals surface area contributed by atoms with Crippen molar-refractivity contribution < 1.29 is 0 Å². The molecule has 0 radical (unpaired) electrons. The summed E-state index contributed by atoms with van der Waals surface area (Å²) in [6, 6.07) is 0. The van der Waals surface area contributed by atoms with Gasteiger partial charge in [0.25, 0.3) is 0 Å². The molecule has 1 aromatic heterocycles. The molecule has 1 N–H and O–H groups in total. The number of hydrogen-bond donors (Lipinski definition) is 1. The van der Waals surface area contributed by atoms with E-state index >= 15 is 0 Å². The number of hydrogen-bond acceptors (Lipinski definition) is 3. The highest BCUT2D eigenvalue weighted by molar-refractivity contribution is 14.1.